The number of methoxy groups -OCH3 is 1. The number of carbonyl (C=O) groups excluding carboxylic acids is 2. The number of nitrogens with zero attached hydrogens (tertiary/aromatic N) is 2. The lowest BCUT2D eigenvalue weighted by Gasteiger charge is -2.46. The largest absolute Gasteiger partial charge is 0.497 e. The Morgan fingerprint density at radius 2 is 1.80 bits per heavy atom. The number of hydrogen-bond donors (Lipinski definition) is 1. The molecule has 10 heteroatoms. The molecule has 3 aromatic rings. The molecule has 1 aliphatic rings. The Hall–Kier alpha value is -3.63. The smallest absolute Gasteiger partial charge is 0.247 e. The van der Waals surface area contributed by atoms with Crippen molar-refractivity contribution in [2.75, 3.05) is 20.2 Å². The summed E-state index contributed by atoms with van der Waals surface area (Å²) in [6, 6.07) is 18.6. The van der Waals surface area contributed by atoms with Gasteiger partial charge in [0.2, 0.25) is 21.8 Å². The first kappa shape index (κ1) is 24.5. The van der Waals surface area contributed by atoms with Crippen molar-refractivity contribution in [3.63, 3.8) is 0 Å². The van der Waals surface area contributed by atoms with Crippen LogP contribution in [0.4, 0.5) is 0 Å². The van der Waals surface area contributed by atoms with Crippen molar-refractivity contribution in [1.82, 2.24) is 14.5 Å². The SMILES string of the molecule is COc1ccc(S(=O)(=O)N2CC(=O)N(Cc3ccco3)[C@@](C)(C(=O)NCc3ccccc3)C2)cc1. The van der Waals surface area contributed by atoms with E-state index in [0.717, 1.165) is 9.87 Å². The number of furan rings is 1. The Balaban J connectivity index is 1.63. The van der Waals surface area contributed by atoms with Crippen molar-refractivity contribution in [2.24, 2.45) is 0 Å². The normalized spacial score (nSPS) is 18.9. The maximum Gasteiger partial charge on any atom is 0.247 e. The van der Waals surface area contributed by atoms with E-state index in [4.69, 9.17) is 9.15 Å². The predicted molar refractivity (Wildman–Crippen MR) is 128 cm³/mol. The van der Waals surface area contributed by atoms with E-state index >= 15 is 0 Å². The standard InChI is InChI=1S/C25H27N3O6S/c1-25(24(30)26-15-19-7-4-3-5-8-19)18-27(17-23(29)28(25)16-21-9-6-14-34-21)35(31,32)22-12-10-20(33-2)11-13-22/h3-14H,15-18H2,1-2H3,(H,26,30)/t25-/m1/s1. The average molecular weight is 498 g/mol. The summed E-state index contributed by atoms with van der Waals surface area (Å²) in [6.07, 6.45) is 1.48. The molecule has 0 spiro atoms. The van der Waals surface area contributed by atoms with Crippen LogP contribution in [0.2, 0.25) is 0 Å². The van der Waals surface area contributed by atoms with Gasteiger partial charge in [0.1, 0.15) is 17.0 Å². The zero-order chi connectivity index (χ0) is 25.1. The predicted octanol–water partition coefficient (Wildman–Crippen LogP) is 2.40. The third kappa shape index (κ3) is 5.08. The third-order valence-electron chi connectivity index (χ3n) is 6.07. The lowest BCUT2D eigenvalue weighted by Crippen LogP contribution is -2.69. The minimum absolute atomic E-state index is 0.0117. The monoisotopic (exact) mass is 497 g/mol. The molecule has 35 heavy (non-hydrogen) atoms. The van der Waals surface area contributed by atoms with Crippen LogP contribution < -0.4 is 10.1 Å². The molecule has 0 radical (unpaired) electrons. The molecule has 2 aromatic carbocycles. The molecule has 2 heterocycles. The number of sulfonamides is 1. The van der Waals surface area contributed by atoms with E-state index in [9.17, 15) is 18.0 Å². The van der Waals surface area contributed by atoms with Crippen LogP contribution in [0, 0.1) is 0 Å². The topological polar surface area (TPSA) is 109 Å². The van der Waals surface area contributed by atoms with Gasteiger partial charge in [0.15, 0.2) is 0 Å². The van der Waals surface area contributed by atoms with Crippen LogP contribution in [0.25, 0.3) is 0 Å². The fourth-order valence-electron chi connectivity index (χ4n) is 4.05. The van der Waals surface area contributed by atoms with E-state index in [1.807, 2.05) is 30.3 Å². The molecule has 1 aliphatic heterocycles. The number of rotatable bonds is 8. The Labute approximate surface area is 204 Å². The van der Waals surface area contributed by atoms with Gasteiger partial charge in [-0.1, -0.05) is 30.3 Å². The molecule has 1 atom stereocenters. The number of carbonyl (C=O) groups is 2. The molecular formula is C25H27N3O6S. The molecule has 1 saturated heterocycles. The van der Waals surface area contributed by atoms with Crippen LogP contribution >= 0.6 is 0 Å². The van der Waals surface area contributed by atoms with Crippen molar-refractivity contribution < 1.29 is 27.2 Å². The first-order chi connectivity index (χ1) is 16.7. The van der Waals surface area contributed by atoms with Gasteiger partial charge in [-0.05, 0) is 48.9 Å². The molecule has 1 aromatic heterocycles. The van der Waals surface area contributed by atoms with Crippen molar-refractivity contribution in [3.8, 4) is 5.75 Å². The van der Waals surface area contributed by atoms with E-state index in [0.29, 0.717) is 11.5 Å². The van der Waals surface area contributed by atoms with Crippen LogP contribution in [0.3, 0.4) is 0 Å². The average Bonchev–Trinajstić information content (AvgIpc) is 3.38. The lowest BCUT2D eigenvalue weighted by molar-refractivity contribution is -0.154. The van der Waals surface area contributed by atoms with Gasteiger partial charge in [0.05, 0.1) is 31.4 Å². The van der Waals surface area contributed by atoms with Gasteiger partial charge in [0.25, 0.3) is 0 Å². The molecule has 0 aliphatic carbocycles. The van der Waals surface area contributed by atoms with Crippen LogP contribution in [0.5, 0.6) is 5.75 Å². The van der Waals surface area contributed by atoms with E-state index < -0.39 is 33.9 Å². The van der Waals surface area contributed by atoms with Crippen molar-refractivity contribution >= 4 is 21.8 Å². The first-order valence-electron chi connectivity index (χ1n) is 11.0. The van der Waals surface area contributed by atoms with Gasteiger partial charge in [-0.15, -0.1) is 0 Å². The fourth-order valence-corrected chi connectivity index (χ4v) is 5.53. The number of piperazine rings is 1. The van der Waals surface area contributed by atoms with Gasteiger partial charge in [0, 0.05) is 13.1 Å². The summed E-state index contributed by atoms with van der Waals surface area (Å²) in [5.74, 6) is 0.0401. The van der Waals surface area contributed by atoms with Gasteiger partial charge >= 0.3 is 0 Å². The van der Waals surface area contributed by atoms with Crippen molar-refractivity contribution in [3.05, 3.63) is 84.3 Å². The minimum Gasteiger partial charge on any atom is -0.497 e. The summed E-state index contributed by atoms with van der Waals surface area (Å²) in [6.45, 7) is 1.25. The zero-order valence-corrected chi connectivity index (χ0v) is 20.3. The highest BCUT2D eigenvalue weighted by Crippen LogP contribution is 2.30. The molecule has 9 nitrogen and oxygen atoms in total. The maximum atomic E-state index is 13.5. The van der Waals surface area contributed by atoms with Gasteiger partial charge in [-0.3, -0.25) is 9.59 Å². The van der Waals surface area contributed by atoms with Gasteiger partial charge in [-0.2, -0.15) is 4.31 Å². The summed E-state index contributed by atoms with van der Waals surface area (Å²) in [7, 11) is -2.56. The van der Waals surface area contributed by atoms with Gasteiger partial charge in [-0.25, -0.2) is 8.42 Å². The molecular weight excluding hydrogens is 470 g/mol. The molecule has 184 valence electrons. The molecule has 2 amide bonds. The first-order valence-corrected chi connectivity index (χ1v) is 12.5. The second-order valence-electron chi connectivity index (χ2n) is 8.45. The highest BCUT2D eigenvalue weighted by atomic mass is 32.2. The van der Waals surface area contributed by atoms with E-state index in [1.54, 1.807) is 19.1 Å². The van der Waals surface area contributed by atoms with Crippen LogP contribution in [0.1, 0.15) is 18.2 Å². The van der Waals surface area contributed by atoms with Crippen LogP contribution in [-0.4, -0.2) is 55.2 Å². The highest BCUT2D eigenvalue weighted by Gasteiger charge is 2.50. The number of hydrogen-bond acceptors (Lipinski definition) is 6. The van der Waals surface area contributed by atoms with Crippen molar-refractivity contribution in [1.29, 1.82) is 0 Å². The molecule has 4 rings (SSSR count). The van der Waals surface area contributed by atoms with Crippen LogP contribution in [0.15, 0.2) is 82.3 Å². The summed E-state index contributed by atoms with van der Waals surface area (Å²) >= 11 is 0. The van der Waals surface area contributed by atoms with E-state index in [-0.39, 0.29) is 24.5 Å². The second-order valence-corrected chi connectivity index (χ2v) is 10.4. The number of amides is 2. The van der Waals surface area contributed by atoms with Crippen molar-refractivity contribution in [2.45, 2.75) is 30.4 Å². The lowest BCUT2D eigenvalue weighted by atomic mass is 9.95. The van der Waals surface area contributed by atoms with E-state index in [2.05, 4.69) is 5.32 Å². The maximum absolute atomic E-state index is 13.5. The quantitative estimate of drug-likeness (QED) is 0.512. The Morgan fingerprint density at radius 3 is 2.43 bits per heavy atom. The zero-order valence-electron chi connectivity index (χ0n) is 19.5. The Morgan fingerprint density at radius 1 is 1.09 bits per heavy atom. The molecule has 0 saturated carbocycles. The second kappa shape index (κ2) is 9.93. The molecule has 0 unspecified atom stereocenters. The minimum atomic E-state index is -4.05. The van der Waals surface area contributed by atoms with E-state index in [1.165, 1.54) is 42.5 Å². The van der Waals surface area contributed by atoms with Crippen LogP contribution in [-0.2, 0) is 32.7 Å². The summed E-state index contributed by atoms with van der Waals surface area (Å²) in [5, 5.41) is 2.86. The summed E-state index contributed by atoms with van der Waals surface area (Å²) in [4.78, 5) is 28.2. The Bertz CT molecular complexity index is 1280. The van der Waals surface area contributed by atoms with Gasteiger partial charge < -0.3 is 19.4 Å². The number of ether oxygens (including phenoxy) is 1. The highest BCUT2D eigenvalue weighted by molar-refractivity contribution is 7.89. The molecule has 1 N–H and O–H groups in total. The third-order valence-corrected chi connectivity index (χ3v) is 7.87. The molecule has 1 fully saturated rings. The number of benzene rings is 2. The Kier molecular flexibility index (Phi) is 6.95. The fraction of sp³-hybridized carbons (Fsp3) is 0.280. The summed E-state index contributed by atoms with van der Waals surface area (Å²) in [5.41, 5.74) is -0.594. The summed E-state index contributed by atoms with van der Waals surface area (Å²) < 4.78 is 38.4. The molecule has 0 bridgehead atoms. The number of nitrogens with one attached hydrogen (secondary N) is 1.